The van der Waals surface area contributed by atoms with E-state index < -0.39 is 12.1 Å². The molecular formula is C27H30N2O4. The van der Waals surface area contributed by atoms with Crippen LogP contribution in [0, 0.1) is 0 Å². The van der Waals surface area contributed by atoms with Gasteiger partial charge in [-0.2, -0.15) is 0 Å². The number of carbonyl (C=O) groups excluding carboxylic acids is 2. The number of nitrogens with zero attached hydrogens (tertiary/aromatic N) is 2. The zero-order valence-corrected chi connectivity index (χ0v) is 19.3. The molecule has 6 heteroatoms. The van der Waals surface area contributed by atoms with Crippen LogP contribution in [0.3, 0.4) is 0 Å². The van der Waals surface area contributed by atoms with Crippen LogP contribution in [0.15, 0.2) is 47.3 Å². The van der Waals surface area contributed by atoms with Gasteiger partial charge in [-0.15, -0.1) is 0 Å². The van der Waals surface area contributed by atoms with Crippen LogP contribution in [0.25, 0.3) is 11.0 Å². The predicted octanol–water partition coefficient (Wildman–Crippen LogP) is 4.43. The van der Waals surface area contributed by atoms with Crippen LogP contribution in [0.2, 0.25) is 0 Å². The van der Waals surface area contributed by atoms with E-state index in [1.807, 2.05) is 42.5 Å². The van der Waals surface area contributed by atoms with E-state index in [2.05, 4.69) is 11.9 Å². The molecule has 1 aliphatic carbocycles. The first-order valence-electron chi connectivity index (χ1n) is 11.8. The lowest BCUT2D eigenvalue weighted by Crippen LogP contribution is -2.28. The van der Waals surface area contributed by atoms with Crippen LogP contribution in [-0.2, 0) is 35.3 Å². The summed E-state index contributed by atoms with van der Waals surface area (Å²) >= 11 is 0. The van der Waals surface area contributed by atoms with Crippen molar-refractivity contribution in [1.82, 2.24) is 9.55 Å². The minimum absolute atomic E-state index is 0.00380. The first-order valence-corrected chi connectivity index (χ1v) is 11.8. The number of aromatic nitrogens is 2. The maximum absolute atomic E-state index is 13.0. The molecule has 0 saturated heterocycles. The van der Waals surface area contributed by atoms with Crippen molar-refractivity contribution in [3.8, 4) is 0 Å². The Morgan fingerprint density at radius 3 is 2.73 bits per heavy atom. The first-order chi connectivity index (χ1) is 16.0. The van der Waals surface area contributed by atoms with Gasteiger partial charge in [-0.3, -0.25) is 14.4 Å². The smallest absolute Gasteiger partial charge is 0.306 e. The minimum Gasteiger partial charge on any atom is -0.454 e. The molecule has 0 amide bonds. The number of rotatable bonds is 9. The van der Waals surface area contributed by atoms with E-state index in [-0.39, 0.29) is 24.2 Å². The monoisotopic (exact) mass is 446 g/mol. The quantitative estimate of drug-likeness (QED) is 0.359. The van der Waals surface area contributed by atoms with Gasteiger partial charge in [0.1, 0.15) is 5.69 Å². The number of ether oxygens (including phenoxy) is 1. The van der Waals surface area contributed by atoms with Crippen LogP contribution in [0.4, 0.5) is 0 Å². The predicted molar refractivity (Wildman–Crippen MR) is 128 cm³/mol. The molecule has 172 valence electrons. The van der Waals surface area contributed by atoms with Crippen molar-refractivity contribution >= 4 is 22.8 Å². The number of fused-ring (bicyclic) bond motifs is 2. The molecule has 4 rings (SSSR count). The van der Waals surface area contributed by atoms with Crippen molar-refractivity contribution in [3.63, 3.8) is 0 Å². The highest BCUT2D eigenvalue weighted by atomic mass is 16.5. The molecule has 6 nitrogen and oxygen atoms in total. The number of Topliss-reactive ketones (excluding diaryl/α,β-unsaturated/α-hetero) is 1. The van der Waals surface area contributed by atoms with E-state index in [0.717, 1.165) is 43.1 Å². The Bertz CT molecular complexity index is 1240. The molecule has 33 heavy (non-hydrogen) atoms. The van der Waals surface area contributed by atoms with Gasteiger partial charge in [0.2, 0.25) is 5.78 Å². The summed E-state index contributed by atoms with van der Waals surface area (Å²) in [5, 5.41) is 0. The summed E-state index contributed by atoms with van der Waals surface area (Å²) in [5.41, 5.74) is 4.79. The van der Waals surface area contributed by atoms with Crippen molar-refractivity contribution in [2.75, 3.05) is 0 Å². The van der Waals surface area contributed by atoms with Crippen molar-refractivity contribution in [2.24, 2.45) is 0 Å². The molecule has 0 radical (unpaired) electrons. The highest BCUT2D eigenvalue weighted by Crippen LogP contribution is 2.23. The van der Waals surface area contributed by atoms with Crippen LogP contribution in [-0.4, -0.2) is 27.4 Å². The number of carbonyl (C=O) groups is 2. The first kappa shape index (κ1) is 22.9. The number of aryl methyl sites for hydroxylation is 4. The van der Waals surface area contributed by atoms with Crippen LogP contribution < -0.4 is 5.56 Å². The number of unbranched alkanes of at least 4 members (excludes halogenated alkanes) is 1. The SMILES string of the molecule is CCCCn1c(=O)c(CCC(=O)OC(C)C(=O)c2ccc3c(c2)CCC3)nc2ccccc21. The van der Waals surface area contributed by atoms with E-state index in [1.54, 1.807) is 11.5 Å². The van der Waals surface area contributed by atoms with Crippen LogP contribution in [0.1, 0.15) is 66.7 Å². The second kappa shape index (κ2) is 10.1. The molecule has 1 aromatic heterocycles. The Morgan fingerprint density at radius 1 is 1.12 bits per heavy atom. The van der Waals surface area contributed by atoms with E-state index in [9.17, 15) is 14.4 Å². The molecule has 1 aliphatic rings. The van der Waals surface area contributed by atoms with Crippen molar-refractivity contribution < 1.29 is 14.3 Å². The van der Waals surface area contributed by atoms with Crippen LogP contribution >= 0.6 is 0 Å². The highest BCUT2D eigenvalue weighted by molar-refractivity contribution is 6.00. The molecule has 1 atom stereocenters. The van der Waals surface area contributed by atoms with E-state index in [4.69, 9.17) is 4.74 Å². The topological polar surface area (TPSA) is 78.3 Å². The Hall–Kier alpha value is -3.28. The van der Waals surface area contributed by atoms with E-state index >= 15 is 0 Å². The highest BCUT2D eigenvalue weighted by Gasteiger charge is 2.22. The Morgan fingerprint density at radius 2 is 1.91 bits per heavy atom. The van der Waals surface area contributed by atoms with Crippen molar-refractivity contribution in [1.29, 1.82) is 0 Å². The summed E-state index contributed by atoms with van der Waals surface area (Å²) in [6.45, 7) is 4.29. The molecule has 0 N–H and O–H groups in total. The molecule has 0 bridgehead atoms. The van der Waals surface area contributed by atoms with Gasteiger partial charge in [0.15, 0.2) is 6.10 Å². The summed E-state index contributed by atoms with van der Waals surface area (Å²) in [5.74, 6) is -0.713. The second-order valence-corrected chi connectivity index (χ2v) is 8.69. The second-order valence-electron chi connectivity index (χ2n) is 8.69. The number of hydrogen-bond donors (Lipinski definition) is 0. The molecule has 3 aromatic rings. The molecule has 2 aromatic carbocycles. The van der Waals surface area contributed by atoms with Gasteiger partial charge < -0.3 is 9.30 Å². The number of esters is 1. The van der Waals surface area contributed by atoms with E-state index in [1.165, 1.54) is 11.1 Å². The number of para-hydroxylation sites is 2. The van der Waals surface area contributed by atoms with Gasteiger partial charge in [0.25, 0.3) is 5.56 Å². The lowest BCUT2D eigenvalue weighted by Gasteiger charge is -2.14. The molecule has 1 heterocycles. The van der Waals surface area contributed by atoms with Gasteiger partial charge in [0, 0.05) is 18.5 Å². The van der Waals surface area contributed by atoms with Gasteiger partial charge >= 0.3 is 5.97 Å². The van der Waals surface area contributed by atoms with Crippen LogP contribution in [0.5, 0.6) is 0 Å². The third-order valence-electron chi connectivity index (χ3n) is 6.28. The maximum atomic E-state index is 13.0. The Kier molecular flexibility index (Phi) is 7.02. The zero-order valence-electron chi connectivity index (χ0n) is 19.3. The largest absolute Gasteiger partial charge is 0.454 e. The summed E-state index contributed by atoms with van der Waals surface area (Å²) < 4.78 is 7.15. The fraction of sp³-hybridized carbons (Fsp3) is 0.407. The standard InChI is InChI=1S/C27H30N2O4/c1-3-4-16-29-24-11-6-5-10-22(24)28-23(27(29)32)14-15-25(30)33-18(2)26(31)21-13-12-19-8-7-9-20(19)17-21/h5-6,10-13,17-18H,3-4,7-9,14-16H2,1-2H3. The average molecular weight is 447 g/mol. The number of benzene rings is 2. The molecule has 0 fully saturated rings. The maximum Gasteiger partial charge on any atom is 0.306 e. The van der Waals surface area contributed by atoms with Gasteiger partial charge in [0.05, 0.1) is 17.5 Å². The summed E-state index contributed by atoms with van der Waals surface area (Å²) in [6.07, 6.45) is 4.31. The average Bonchev–Trinajstić information content (AvgIpc) is 3.29. The zero-order chi connectivity index (χ0) is 23.4. The summed E-state index contributed by atoms with van der Waals surface area (Å²) in [6, 6.07) is 13.3. The number of hydrogen-bond acceptors (Lipinski definition) is 5. The summed E-state index contributed by atoms with van der Waals surface area (Å²) in [7, 11) is 0. The number of ketones is 1. The molecule has 0 spiro atoms. The molecule has 0 saturated carbocycles. The van der Waals surface area contributed by atoms with Crippen molar-refractivity contribution in [3.05, 3.63) is 75.2 Å². The lowest BCUT2D eigenvalue weighted by atomic mass is 10.0. The fourth-order valence-electron chi connectivity index (χ4n) is 4.44. The Balaban J connectivity index is 1.42. The lowest BCUT2D eigenvalue weighted by molar-refractivity contribution is -0.146. The Labute approximate surface area is 193 Å². The minimum atomic E-state index is -0.872. The third kappa shape index (κ3) is 5.05. The normalized spacial score (nSPS) is 13.6. The van der Waals surface area contributed by atoms with Crippen molar-refractivity contribution in [2.45, 2.75) is 71.4 Å². The summed E-state index contributed by atoms with van der Waals surface area (Å²) in [4.78, 5) is 42.7. The van der Waals surface area contributed by atoms with Gasteiger partial charge in [-0.1, -0.05) is 37.6 Å². The fourth-order valence-corrected chi connectivity index (χ4v) is 4.44. The molecule has 0 aliphatic heterocycles. The third-order valence-corrected chi connectivity index (χ3v) is 6.28. The van der Waals surface area contributed by atoms with Gasteiger partial charge in [-0.25, -0.2) is 4.98 Å². The van der Waals surface area contributed by atoms with E-state index in [0.29, 0.717) is 17.8 Å². The molecule has 1 unspecified atom stereocenters. The molecular weight excluding hydrogens is 416 g/mol. The van der Waals surface area contributed by atoms with Gasteiger partial charge in [-0.05, 0) is 61.9 Å².